The van der Waals surface area contributed by atoms with Crippen LogP contribution in [-0.4, -0.2) is 56.7 Å². The van der Waals surface area contributed by atoms with E-state index in [2.05, 4.69) is 0 Å². The highest BCUT2D eigenvalue weighted by atomic mass is 16.6. The molecule has 80 valence electrons. The fourth-order valence-electron chi connectivity index (χ4n) is 1.01. The molecule has 0 bridgehead atoms. The summed E-state index contributed by atoms with van der Waals surface area (Å²) in [4.78, 5) is 0.900. The third-order valence-corrected chi connectivity index (χ3v) is 1.80. The van der Waals surface area contributed by atoms with Crippen molar-refractivity contribution in [2.24, 2.45) is 5.73 Å². The average Bonchev–Trinajstić information content (AvgIpc) is 1.98. The van der Waals surface area contributed by atoms with Crippen molar-refractivity contribution in [3.8, 4) is 0 Å². The van der Waals surface area contributed by atoms with Gasteiger partial charge in [-0.3, -0.25) is 0 Å². The van der Waals surface area contributed by atoms with E-state index in [0.717, 1.165) is 4.90 Å². The van der Waals surface area contributed by atoms with Gasteiger partial charge in [-0.25, -0.2) is 4.90 Å². The van der Waals surface area contributed by atoms with Crippen LogP contribution in [-0.2, 0) is 0 Å². The smallest absolute Gasteiger partial charge is 0.254 e. The van der Waals surface area contributed by atoms with Crippen LogP contribution >= 0.6 is 0 Å². The Morgan fingerprint density at radius 1 is 1.31 bits per heavy atom. The third kappa shape index (κ3) is 3.18. The number of nitrogens with zero attached hydrogens (tertiary/aromatic N) is 1. The van der Waals surface area contributed by atoms with Gasteiger partial charge in [0, 0.05) is 13.1 Å². The highest BCUT2D eigenvalue weighted by molar-refractivity contribution is 4.74. The molecular weight excluding hydrogens is 176 g/mol. The van der Waals surface area contributed by atoms with E-state index in [0.29, 0.717) is 0 Å². The molecule has 6 nitrogen and oxygen atoms in total. The molecule has 13 heavy (non-hydrogen) atoms. The zero-order valence-electron chi connectivity index (χ0n) is 7.88. The minimum atomic E-state index is -2.45. The zero-order valence-corrected chi connectivity index (χ0v) is 7.88. The summed E-state index contributed by atoms with van der Waals surface area (Å²) in [5.41, 5.74) is 5.21. The number of aliphatic hydroxyl groups excluding tert-OH is 2. The second-order valence-corrected chi connectivity index (χ2v) is 2.98. The number of hydrogen-bond donors (Lipinski definition) is 5. The van der Waals surface area contributed by atoms with Crippen molar-refractivity contribution >= 4 is 0 Å². The molecule has 6 heteroatoms. The maximum absolute atomic E-state index is 9.37. The second-order valence-electron chi connectivity index (χ2n) is 2.98. The van der Waals surface area contributed by atoms with Crippen molar-refractivity contribution in [3.05, 3.63) is 0 Å². The number of nitrogens with two attached hydrogens (primary N) is 1. The van der Waals surface area contributed by atoms with Crippen LogP contribution in [0.1, 0.15) is 13.8 Å². The molecule has 0 aromatic rings. The topological polar surface area (TPSA) is 110 Å². The van der Waals surface area contributed by atoms with E-state index < -0.39 is 18.2 Å². The van der Waals surface area contributed by atoms with Crippen molar-refractivity contribution in [2.75, 3.05) is 13.1 Å². The van der Waals surface area contributed by atoms with Crippen molar-refractivity contribution in [1.29, 1.82) is 0 Å². The standard InChI is InChI=1S/C7H18N2O4/c1-5(10)7(12,13)9(4-3-8)6(2)11/h5-6,10-13H,3-4,8H2,1-2H3. The van der Waals surface area contributed by atoms with E-state index in [1.165, 1.54) is 13.8 Å². The largest absolute Gasteiger partial charge is 0.386 e. The van der Waals surface area contributed by atoms with Gasteiger partial charge in [0.1, 0.15) is 12.3 Å². The molecule has 0 saturated heterocycles. The van der Waals surface area contributed by atoms with Gasteiger partial charge in [-0.2, -0.15) is 0 Å². The van der Waals surface area contributed by atoms with Gasteiger partial charge in [-0.05, 0) is 13.8 Å². The van der Waals surface area contributed by atoms with Gasteiger partial charge in [-0.1, -0.05) is 0 Å². The van der Waals surface area contributed by atoms with Crippen molar-refractivity contribution in [2.45, 2.75) is 32.1 Å². The maximum Gasteiger partial charge on any atom is 0.254 e. The SMILES string of the molecule is CC(O)N(CCN)C(O)(O)C(C)O. The number of aliphatic hydroxyl groups is 4. The molecule has 0 rings (SSSR count). The Bertz CT molecular complexity index is 149. The Morgan fingerprint density at radius 2 is 1.77 bits per heavy atom. The lowest BCUT2D eigenvalue weighted by Gasteiger charge is -2.38. The van der Waals surface area contributed by atoms with Gasteiger partial charge in [0.25, 0.3) is 5.91 Å². The first-order valence-electron chi connectivity index (χ1n) is 4.11. The minimum Gasteiger partial charge on any atom is -0.386 e. The molecule has 0 spiro atoms. The van der Waals surface area contributed by atoms with Gasteiger partial charge >= 0.3 is 0 Å². The molecule has 0 amide bonds. The van der Waals surface area contributed by atoms with E-state index in [9.17, 15) is 10.2 Å². The summed E-state index contributed by atoms with van der Waals surface area (Å²) in [5, 5.41) is 36.9. The van der Waals surface area contributed by atoms with Gasteiger partial charge in [0.2, 0.25) is 0 Å². The molecule has 0 fully saturated rings. The van der Waals surface area contributed by atoms with Gasteiger partial charge in [-0.15, -0.1) is 0 Å². The van der Waals surface area contributed by atoms with Gasteiger partial charge < -0.3 is 26.2 Å². The first kappa shape index (κ1) is 12.8. The molecule has 6 N–H and O–H groups in total. The molecule has 0 heterocycles. The highest BCUT2D eigenvalue weighted by Crippen LogP contribution is 2.15. The molecular formula is C7H18N2O4. The fourth-order valence-corrected chi connectivity index (χ4v) is 1.01. The van der Waals surface area contributed by atoms with E-state index in [-0.39, 0.29) is 13.1 Å². The molecule has 0 aromatic heterocycles. The normalized spacial score (nSPS) is 17.5. The zero-order chi connectivity index (χ0) is 10.6. The molecule has 2 atom stereocenters. The summed E-state index contributed by atoms with van der Waals surface area (Å²) in [6.07, 6.45) is -2.48. The van der Waals surface area contributed by atoms with Crippen LogP contribution in [0.4, 0.5) is 0 Å². The molecule has 0 saturated carbocycles. The van der Waals surface area contributed by atoms with E-state index >= 15 is 0 Å². The van der Waals surface area contributed by atoms with Crippen molar-refractivity contribution < 1.29 is 20.4 Å². The van der Waals surface area contributed by atoms with E-state index in [4.69, 9.17) is 15.9 Å². The van der Waals surface area contributed by atoms with Crippen LogP contribution in [0.25, 0.3) is 0 Å². The van der Waals surface area contributed by atoms with Gasteiger partial charge in [0.15, 0.2) is 0 Å². The monoisotopic (exact) mass is 194 g/mol. The lowest BCUT2D eigenvalue weighted by molar-refractivity contribution is -0.331. The predicted molar refractivity (Wildman–Crippen MR) is 46.3 cm³/mol. The van der Waals surface area contributed by atoms with E-state index in [1.807, 2.05) is 0 Å². The Hall–Kier alpha value is -0.240. The summed E-state index contributed by atoms with van der Waals surface area (Å²) in [7, 11) is 0. The molecule has 0 aliphatic heterocycles. The quantitative estimate of drug-likeness (QED) is 0.312. The summed E-state index contributed by atoms with van der Waals surface area (Å²) in [6.45, 7) is 2.81. The van der Waals surface area contributed by atoms with E-state index in [1.54, 1.807) is 0 Å². The molecule has 0 aliphatic rings. The van der Waals surface area contributed by atoms with Crippen LogP contribution in [0.5, 0.6) is 0 Å². The molecule has 0 aromatic carbocycles. The van der Waals surface area contributed by atoms with Crippen LogP contribution < -0.4 is 5.73 Å². The second kappa shape index (κ2) is 4.85. The molecule has 0 aliphatic carbocycles. The third-order valence-electron chi connectivity index (χ3n) is 1.80. The fraction of sp³-hybridized carbons (Fsp3) is 1.00. The number of rotatable bonds is 5. The Kier molecular flexibility index (Phi) is 4.76. The van der Waals surface area contributed by atoms with Crippen LogP contribution in [0.15, 0.2) is 0 Å². The van der Waals surface area contributed by atoms with Crippen LogP contribution in [0.3, 0.4) is 0 Å². The lowest BCUT2D eigenvalue weighted by Crippen LogP contribution is -2.60. The summed E-state index contributed by atoms with van der Waals surface area (Å²) < 4.78 is 0. The van der Waals surface area contributed by atoms with Crippen molar-refractivity contribution in [1.82, 2.24) is 4.90 Å². The average molecular weight is 194 g/mol. The number of hydrogen-bond acceptors (Lipinski definition) is 6. The van der Waals surface area contributed by atoms with Crippen LogP contribution in [0.2, 0.25) is 0 Å². The summed E-state index contributed by atoms with van der Waals surface area (Å²) >= 11 is 0. The minimum absolute atomic E-state index is 0.0789. The molecule has 2 unspecified atom stereocenters. The molecule has 0 radical (unpaired) electrons. The van der Waals surface area contributed by atoms with Crippen LogP contribution in [0, 0.1) is 0 Å². The predicted octanol–water partition coefficient (Wildman–Crippen LogP) is -2.40. The first-order chi connectivity index (χ1) is 5.84. The maximum atomic E-state index is 9.37. The Balaban J connectivity index is 4.51. The Morgan fingerprint density at radius 3 is 2.00 bits per heavy atom. The highest BCUT2D eigenvalue weighted by Gasteiger charge is 2.38. The lowest BCUT2D eigenvalue weighted by atomic mass is 10.2. The Labute approximate surface area is 77.2 Å². The summed E-state index contributed by atoms with van der Waals surface area (Å²) in [5.74, 6) is -2.45. The first-order valence-corrected chi connectivity index (χ1v) is 4.11. The van der Waals surface area contributed by atoms with Gasteiger partial charge in [0.05, 0.1) is 0 Å². The van der Waals surface area contributed by atoms with Crippen molar-refractivity contribution in [3.63, 3.8) is 0 Å². The summed E-state index contributed by atoms with van der Waals surface area (Å²) in [6, 6.07) is 0.